The molecule has 0 N–H and O–H groups in total. The maximum atomic E-state index is 12.3. The molecule has 0 saturated carbocycles. The van der Waals surface area contributed by atoms with Crippen LogP contribution >= 0.6 is 15.9 Å². The summed E-state index contributed by atoms with van der Waals surface area (Å²) < 4.78 is 21.7. The number of carbonyl (C=O) groups excluding carboxylic acids is 1. The van der Waals surface area contributed by atoms with Crippen molar-refractivity contribution >= 4 is 21.9 Å². The van der Waals surface area contributed by atoms with Crippen molar-refractivity contribution in [3.8, 4) is 17.2 Å². The van der Waals surface area contributed by atoms with Gasteiger partial charge in [-0.2, -0.15) is 0 Å². The van der Waals surface area contributed by atoms with Gasteiger partial charge in [0.1, 0.15) is 12.4 Å². The highest BCUT2D eigenvalue weighted by atomic mass is 79.9. The summed E-state index contributed by atoms with van der Waals surface area (Å²) in [7, 11) is 4.64. The average molecular weight is 381 g/mol. The molecule has 0 fully saturated rings. The van der Waals surface area contributed by atoms with Crippen molar-refractivity contribution in [3.05, 3.63) is 52.0 Å². The Balaban J connectivity index is 2.17. The molecular formula is C17H17BrO5. The Morgan fingerprint density at radius 2 is 1.83 bits per heavy atom. The van der Waals surface area contributed by atoms with Gasteiger partial charge in [0.25, 0.3) is 0 Å². The molecule has 0 heterocycles. The van der Waals surface area contributed by atoms with Crippen LogP contribution in [0.4, 0.5) is 0 Å². The van der Waals surface area contributed by atoms with E-state index in [9.17, 15) is 4.79 Å². The molecule has 6 heteroatoms. The predicted octanol–water partition coefficient (Wildman–Crippen LogP) is 3.83. The van der Waals surface area contributed by atoms with E-state index < -0.39 is 5.97 Å². The molecule has 0 unspecified atom stereocenters. The van der Waals surface area contributed by atoms with Gasteiger partial charge in [-0.1, -0.05) is 12.1 Å². The Hall–Kier alpha value is -2.21. The van der Waals surface area contributed by atoms with Crippen LogP contribution in [0.15, 0.2) is 40.9 Å². The Labute approximate surface area is 143 Å². The van der Waals surface area contributed by atoms with Crippen LogP contribution in [0, 0.1) is 0 Å². The normalized spacial score (nSPS) is 10.1. The van der Waals surface area contributed by atoms with Crippen LogP contribution in [0.5, 0.6) is 17.2 Å². The van der Waals surface area contributed by atoms with Crippen molar-refractivity contribution in [3.63, 3.8) is 0 Å². The molecule has 0 saturated heterocycles. The van der Waals surface area contributed by atoms with Crippen molar-refractivity contribution < 1.29 is 23.7 Å². The number of esters is 1. The lowest BCUT2D eigenvalue weighted by molar-refractivity contribution is 0.0468. The summed E-state index contributed by atoms with van der Waals surface area (Å²) in [6, 6.07) is 10.5. The Morgan fingerprint density at radius 1 is 1.04 bits per heavy atom. The van der Waals surface area contributed by atoms with Crippen molar-refractivity contribution in [1.82, 2.24) is 0 Å². The summed E-state index contributed by atoms with van der Waals surface area (Å²) >= 11 is 3.34. The van der Waals surface area contributed by atoms with Crippen molar-refractivity contribution in [2.24, 2.45) is 0 Å². The Kier molecular flexibility index (Phi) is 5.87. The van der Waals surface area contributed by atoms with Crippen LogP contribution in [-0.4, -0.2) is 27.3 Å². The molecular weight excluding hydrogens is 364 g/mol. The van der Waals surface area contributed by atoms with E-state index in [4.69, 9.17) is 18.9 Å². The van der Waals surface area contributed by atoms with Gasteiger partial charge in [0.2, 0.25) is 0 Å². The fourth-order valence-corrected chi connectivity index (χ4v) is 2.48. The van der Waals surface area contributed by atoms with Gasteiger partial charge in [-0.15, -0.1) is 0 Å². The van der Waals surface area contributed by atoms with Gasteiger partial charge in [-0.3, -0.25) is 0 Å². The second-order valence-corrected chi connectivity index (χ2v) is 5.43. The molecule has 0 aliphatic carbocycles. The number of ether oxygens (including phenoxy) is 4. The lowest BCUT2D eigenvalue weighted by Crippen LogP contribution is -2.07. The standard InChI is InChI=1S/C17H17BrO5/c1-20-12-7-8-14(18)13(9-12)17(19)23-10-11-5-4-6-15(21-2)16(11)22-3/h4-9H,10H2,1-3H3. The summed E-state index contributed by atoms with van der Waals surface area (Å²) in [4.78, 5) is 12.3. The Bertz CT molecular complexity index is 699. The number of halogens is 1. The number of methoxy groups -OCH3 is 3. The van der Waals surface area contributed by atoms with Crippen molar-refractivity contribution in [1.29, 1.82) is 0 Å². The zero-order valence-electron chi connectivity index (χ0n) is 13.1. The number of hydrogen-bond acceptors (Lipinski definition) is 5. The highest BCUT2D eigenvalue weighted by Crippen LogP contribution is 2.31. The monoisotopic (exact) mass is 380 g/mol. The molecule has 0 amide bonds. The van der Waals surface area contributed by atoms with E-state index in [1.807, 2.05) is 12.1 Å². The molecule has 0 radical (unpaired) electrons. The average Bonchev–Trinajstić information content (AvgIpc) is 2.59. The summed E-state index contributed by atoms with van der Waals surface area (Å²) in [6.07, 6.45) is 0. The number of hydrogen-bond donors (Lipinski definition) is 0. The maximum Gasteiger partial charge on any atom is 0.339 e. The van der Waals surface area contributed by atoms with Gasteiger partial charge in [-0.05, 0) is 40.2 Å². The van der Waals surface area contributed by atoms with Crippen molar-refractivity contribution in [2.75, 3.05) is 21.3 Å². The topological polar surface area (TPSA) is 54.0 Å². The minimum absolute atomic E-state index is 0.0723. The minimum Gasteiger partial charge on any atom is -0.497 e. The first kappa shape index (κ1) is 17.1. The fourth-order valence-electron chi connectivity index (χ4n) is 2.08. The van der Waals surface area contributed by atoms with Gasteiger partial charge < -0.3 is 18.9 Å². The summed E-state index contributed by atoms with van der Waals surface area (Å²) in [6.45, 7) is 0.0723. The van der Waals surface area contributed by atoms with E-state index in [1.54, 1.807) is 45.6 Å². The van der Waals surface area contributed by atoms with E-state index in [-0.39, 0.29) is 6.61 Å². The van der Waals surface area contributed by atoms with Gasteiger partial charge in [0.15, 0.2) is 11.5 Å². The molecule has 0 aliphatic heterocycles. The third kappa shape index (κ3) is 3.96. The molecule has 2 aromatic carbocycles. The SMILES string of the molecule is COc1ccc(Br)c(C(=O)OCc2cccc(OC)c2OC)c1. The highest BCUT2D eigenvalue weighted by molar-refractivity contribution is 9.10. The first-order valence-corrected chi connectivity index (χ1v) is 7.60. The number of benzene rings is 2. The van der Waals surface area contributed by atoms with Gasteiger partial charge in [-0.25, -0.2) is 4.79 Å². The van der Waals surface area contributed by atoms with E-state index in [1.165, 1.54) is 0 Å². The molecule has 2 aromatic rings. The number of para-hydroxylation sites is 1. The summed E-state index contributed by atoms with van der Waals surface area (Å²) in [5.74, 6) is 1.26. The second kappa shape index (κ2) is 7.87. The smallest absolute Gasteiger partial charge is 0.339 e. The van der Waals surface area contributed by atoms with Crippen LogP contribution < -0.4 is 14.2 Å². The molecule has 0 aliphatic rings. The summed E-state index contributed by atoms with van der Waals surface area (Å²) in [5.41, 5.74) is 1.12. The molecule has 0 spiro atoms. The quantitative estimate of drug-likeness (QED) is 0.712. The van der Waals surface area contributed by atoms with Crippen LogP contribution in [0.1, 0.15) is 15.9 Å². The van der Waals surface area contributed by atoms with Crippen molar-refractivity contribution in [2.45, 2.75) is 6.61 Å². The summed E-state index contributed by atoms with van der Waals surface area (Å²) in [5, 5.41) is 0. The van der Waals surface area contributed by atoms with Crippen LogP contribution in [0.25, 0.3) is 0 Å². The molecule has 0 bridgehead atoms. The lowest BCUT2D eigenvalue weighted by atomic mass is 10.2. The third-order valence-electron chi connectivity index (χ3n) is 3.24. The number of carbonyl (C=O) groups is 1. The zero-order chi connectivity index (χ0) is 16.8. The maximum absolute atomic E-state index is 12.3. The van der Waals surface area contributed by atoms with Crippen LogP contribution in [0.2, 0.25) is 0 Å². The fraction of sp³-hybridized carbons (Fsp3) is 0.235. The van der Waals surface area contributed by atoms with E-state index >= 15 is 0 Å². The Morgan fingerprint density at radius 3 is 2.48 bits per heavy atom. The van der Waals surface area contributed by atoms with Crippen LogP contribution in [0.3, 0.4) is 0 Å². The predicted molar refractivity (Wildman–Crippen MR) is 89.4 cm³/mol. The van der Waals surface area contributed by atoms with E-state index in [2.05, 4.69) is 15.9 Å². The number of rotatable bonds is 6. The highest BCUT2D eigenvalue weighted by Gasteiger charge is 2.15. The van der Waals surface area contributed by atoms with Gasteiger partial charge in [0, 0.05) is 10.0 Å². The lowest BCUT2D eigenvalue weighted by Gasteiger charge is -2.13. The van der Waals surface area contributed by atoms with Gasteiger partial charge in [0.05, 0.1) is 26.9 Å². The van der Waals surface area contributed by atoms with Crippen LogP contribution in [-0.2, 0) is 11.3 Å². The zero-order valence-corrected chi connectivity index (χ0v) is 14.7. The second-order valence-electron chi connectivity index (χ2n) is 4.57. The first-order chi connectivity index (χ1) is 11.1. The largest absolute Gasteiger partial charge is 0.497 e. The molecule has 0 atom stereocenters. The molecule has 122 valence electrons. The van der Waals surface area contributed by atoms with E-state index in [0.29, 0.717) is 27.3 Å². The third-order valence-corrected chi connectivity index (χ3v) is 3.93. The first-order valence-electron chi connectivity index (χ1n) is 6.81. The van der Waals surface area contributed by atoms with E-state index in [0.717, 1.165) is 5.56 Å². The van der Waals surface area contributed by atoms with Gasteiger partial charge >= 0.3 is 5.97 Å². The molecule has 23 heavy (non-hydrogen) atoms. The molecule has 2 rings (SSSR count). The molecule has 5 nitrogen and oxygen atoms in total. The minimum atomic E-state index is -0.458. The molecule has 0 aromatic heterocycles.